The van der Waals surface area contributed by atoms with Gasteiger partial charge < -0.3 is 0 Å². The molecular formula is C11H12O. The van der Waals surface area contributed by atoms with Gasteiger partial charge in [-0.15, -0.1) is 0 Å². The second-order valence-corrected chi connectivity index (χ2v) is 2.67. The molecule has 0 aromatic heterocycles. The van der Waals surface area contributed by atoms with Crippen LogP contribution in [-0.2, 0) is 4.79 Å². The van der Waals surface area contributed by atoms with Gasteiger partial charge in [-0.05, 0) is 12.0 Å². The minimum atomic E-state index is 0.211. The third kappa shape index (κ3) is 1.62. The average Bonchev–Trinajstić information content (AvgIpc) is 2.37. The molecule has 1 aliphatic rings. The highest BCUT2D eigenvalue weighted by Crippen LogP contribution is 2.27. The molecule has 62 valence electrons. The first-order chi connectivity index (χ1) is 5.79. The summed E-state index contributed by atoms with van der Waals surface area (Å²) in [6, 6.07) is 0. The zero-order valence-electron chi connectivity index (χ0n) is 7.05. The van der Waals surface area contributed by atoms with Crippen LogP contribution in [0.25, 0.3) is 0 Å². The highest BCUT2D eigenvalue weighted by molar-refractivity contribution is 6.03. The van der Waals surface area contributed by atoms with Crippen molar-refractivity contribution in [3.05, 3.63) is 48.6 Å². The van der Waals surface area contributed by atoms with Crippen LogP contribution in [0.3, 0.4) is 0 Å². The normalized spacial score (nSPS) is 23.5. The van der Waals surface area contributed by atoms with Crippen molar-refractivity contribution in [3.8, 4) is 0 Å². The van der Waals surface area contributed by atoms with Gasteiger partial charge in [-0.1, -0.05) is 37.5 Å². The van der Waals surface area contributed by atoms with Gasteiger partial charge in [-0.3, -0.25) is 4.79 Å². The van der Waals surface area contributed by atoms with Gasteiger partial charge in [0.1, 0.15) is 0 Å². The van der Waals surface area contributed by atoms with Gasteiger partial charge in [0, 0.05) is 12.0 Å². The summed E-state index contributed by atoms with van der Waals surface area (Å²) >= 11 is 0. The van der Waals surface area contributed by atoms with Crippen molar-refractivity contribution in [2.24, 2.45) is 0 Å². The van der Waals surface area contributed by atoms with E-state index in [1.54, 1.807) is 18.2 Å². The highest BCUT2D eigenvalue weighted by Gasteiger charge is 2.20. The Morgan fingerprint density at radius 3 is 2.33 bits per heavy atom. The van der Waals surface area contributed by atoms with Gasteiger partial charge in [0.15, 0.2) is 5.78 Å². The zero-order chi connectivity index (χ0) is 8.97. The largest absolute Gasteiger partial charge is 0.294 e. The smallest absolute Gasteiger partial charge is 0.163 e. The lowest BCUT2D eigenvalue weighted by atomic mass is 10.1. The van der Waals surface area contributed by atoms with E-state index in [0.29, 0.717) is 6.42 Å². The summed E-state index contributed by atoms with van der Waals surface area (Å²) in [5.41, 5.74) is 1.87. The fourth-order valence-corrected chi connectivity index (χ4v) is 1.33. The number of rotatable bonds is 2. The van der Waals surface area contributed by atoms with Crippen molar-refractivity contribution in [2.45, 2.75) is 12.8 Å². The fourth-order valence-electron chi connectivity index (χ4n) is 1.33. The molecule has 0 heterocycles. The van der Waals surface area contributed by atoms with Crippen LogP contribution in [0, 0.1) is 0 Å². The Labute approximate surface area is 72.8 Å². The van der Waals surface area contributed by atoms with E-state index >= 15 is 0 Å². The molecule has 0 unspecified atom stereocenters. The SMILES string of the molecule is C=CC=C1CCC(=O)C1=CC=C. The number of Topliss-reactive ketones (excluding diaryl/α,β-unsaturated/α-hetero) is 1. The Hall–Kier alpha value is -1.37. The van der Waals surface area contributed by atoms with E-state index in [2.05, 4.69) is 13.2 Å². The molecule has 0 aromatic carbocycles. The van der Waals surface area contributed by atoms with Crippen LogP contribution < -0.4 is 0 Å². The zero-order valence-corrected chi connectivity index (χ0v) is 7.05. The van der Waals surface area contributed by atoms with Crippen LogP contribution in [0.4, 0.5) is 0 Å². The first-order valence-corrected chi connectivity index (χ1v) is 3.97. The van der Waals surface area contributed by atoms with Crippen LogP contribution in [0.5, 0.6) is 0 Å². The topological polar surface area (TPSA) is 17.1 Å². The van der Waals surface area contributed by atoms with Crippen molar-refractivity contribution in [2.75, 3.05) is 0 Å². The van der Waals surface area contributed by atoms with E-state index in [-0.39, 0.29) is 5.78 Å². The van der Waals surface area contributed by atoms with Crippen LogP contribution in [-0.4, -0.2) is 5.78 Å². The van der Waals surface area contributed by atoms with Crippen molar-refractivity contribution < 1.29 is 4.79 Å². The molecule has 0 N–H and O–H groups in total. The van der Waals surface area contributed by atoms with Gasteiger partial charge >= 0.3 is 0 Å². The summed E-state index contributed by atoms with van der Waals surface area (Å²) in [5, 5.41) is 0. The van der Waals surface area contributed by atoms with Crippen molar-refractivity contribution >= 4 is 5.78 Å². The molecule has 0 saturated heterocycles. The van der Waals surface area contributed by atoms with Crippen LogP contribution in [0.1, 0.15) is 12.8 Å². The average molecular weight is 160 g/mol. The summed E-state index contributed by atoms with van der Waals surface area (Å²) in [7, 11) is 0. The van der Waals surface area contributed by atoms with E-state index in [1.165, 1.54) is 0 Å². The summed E-state index contributed by atoms with van der Waals surface area (Å²) < 4.78 is 0. The molecule has 1 aliphatic carbocycles. The maximum atomic E-state index is 11.3. The maximum absolute atomic E-state index is 11.3. The molecule has 0 bridgehead atoms. The lowest BCUT2D eigenvalue weighted by molar-refractivity contribution is -0.114. The lowest BCUT2D eigenvalue weighted by Crippen LogP contribution is -1.91. The first kappa shape index (κ1) is 8.72. The standard InChI is InChI=1S/C11H12O/c1-3-5-9-7-8-11(12)10(9)6-4-2/h3-6H,1-2,7-8H2. The molecule has 0 atom stereocenters. The Kier molecular flexibility index (Phi) is 2.81. The molecule has 0 aromatic rings. The summed E-state index contributed by atoms with van der Waals surface area (Å²) in [6.07, 6.45) is 8.48. The Balaban J connectivity index is 2.99. The second kappa shape index (κ2) is 3.86. The minimum absolute atomic E-state index is 0.211. The number of hydrogen-bond acceptors (Lipinski definition) is 1. The molecule has 12 heavy (non-hydrogen) atoms. The Morgan fingerprint density at radius 1 is 1.08 bits per heavy atom. The van der Waals surface area contributed by atoms with E-state index in [4.69, 9.17) is 0 Å². The molecule has 0 spiro atoms. The third-order valence-corrected chi connectivity index (χ3v) is 1.87. The number of carbonyl (C=O) groups is 1. The third-order valence-electron chi connectivity index (χ3n) is 1.87. The lowest BCUT2D eigenvalue weighted by Gasteiger charge is -1.94. The molecule has 1 rings (SSSR count). The predicted molar refractivity (Wildman–Crippen MR) is 50.8 cm³/mol. The summed E-state index contributed by atoms with van der Waals surface area (Å²) in [5.74, 6) is 0.211. The van der Waals surface area contributed by atoms with E-state index in [1.807, 2.05) is 6.08 Å². The first-order valence-electron chi connectivity index (χ1n) is 3.97. The predicted octanol–water partition coefficient (Wildman–Crippen LogP) is 2.57. The molecule has 0 radical (unpaired) electrons. The summed E-state index contributed by atoms with van der Waals surface area (Å²) in [4.78, 5) is 11.3. The van der Waals surface area contributed by atoms with Crippen LogP contribution in [0.15, 0.2) is 48.6 Å². The van der Waals surface area contributed by atoms with Gasteiger partial charge in [-0.25, -0.2) is 0 Å². The Bertz CT molecular complexity index is 279. The van der Waals surface area contributed by atoms with E-state index in [0.717, 1.165) is 17.6 Å². The number of allylic oxidation sites excluding steroid dienone is 6. The monoisotopic (exact) mass is 160 g/mol. The molecule has 0 aliphatic heterocycles. The van der Waals surface area contributed by atoms with Gasteiger partial charge in [0.2, 0.25) is 0 Å². The molecular weight excluding hydrogens is 148 g/mol. The molecule has 0 amide bonds. The quantitative estimate of drug-likeness (QED) is 0.567. The van der Waals surface area contributed by atoms with Gasteiger partial charge in [-0.2, -0.15) is 0 Å². The summed E-state index contributed by atoms with van der Waals surface area (Å²) in [6.45, 7) is 7.17. The number of carbonyl (C=O) groups excluding carboxylic acids is 1. The molecule has 1 nitrogen and oxygen atoms in total. The van der Waals surface area contributed by atoms with E-state index in [9.17, 15) is 4.79 Å². The van der Waals surface area contributed by atoms with Gasteiger partial charge in [0.05, 0.1) is 0 Å². The van der Waals surface area contributed by atoms with Crippen LogP contribution in [0.2, 0.25) is 0 Å². The number of ketones is 1. The van der Waals surface area contributed by atoms with Crippen LogP contribution >= 0.6 is 0 Å². The number of hydrogen-bond donors (Lipinski definition) is 0. The highest BCUT2D eigenvalue weighted by atomic mass is 16.1. The van der Waals surface area contributed by atoms with Crippen molar-refractivity contribution in [1.29, 1.82) is 0 Å². The van der Waals surface area contributed by atoms with Crippen molar-refractivity contribution in [1.82, 2.24) is 0 Å². The van der Waals surface area contributed by atoms with E-state index < -0.39 is 0 Å². The molecule has 1 saturated carbocycles. The molecule has 1 fully saturated rings. The second-order valence-electron chi connectivity index (χ2n) is 2.67. The van der Waals surface area contributed by atoms with Gasteiger partial charge in [0.25, 0.3) is 0 Å². The fraction of sp³-hybridized carbons (Fsp3) is 0.182. The van der Waals surface area contributed by atoms with Crippen molar-refractivity contribution in [3.63, 3.8) is 0 Å². The molecule has 1 heteroatoms. The maximum Gasteiger partial charge on any atom is 0.163 e. The minimum Gasteiger partial charge on any atom is -0.294 e. The Morgan fingerprint density at radius 2 is 1.75 bits per heavy atom.